The highest BCUT2D eigenvalue weighted by molar-refractivity contribution is 7.71. The number of aromatic nitrogens is 2. The summed E-state index contributed by atoms with van der Waals surface area (Å²) >= 11 is 5.40. The lowest BCUT2D eigenvalue weighted by molar-refractivity contribution is 0.638. The van der Waals surface area contributed by atoms with Gasteiger partial charge >= 0.3 is 0 Å². The topological polar surface area (TPSA) is 20.7 Å². The average molecular weight is 244 g/mol. The molecule has 0 aliphatic heterocycles. The standard InChI is InChI=1S/C14H16N2S/c1-2-10-8-12(10)16-13(9-15-14(16)17)11-6-4-3-5-7-11/h3-7,9-10,12H,2,8H2,1H3,(H,15,17). The van der Waals surface area contributed by atoms with Gasteiger partial charge in [0.1, 0.15) is 0 Å². The van der Waals surface area contributed by atoms with Crippen LogP contribution in [0.15, 0.2) is 36.5 Å². The van der Waals surface area contributed by atoms with Crippen molar-refractivity contribution in [3.8, 4) is 11.3 Å². The first-order valence-corrected chi connectivity index (χ1v) is 6.57. The van der Waals surface area contributed by atoms with E-state index in [-0.39, 0.29) is 0 Å². The smallest absolute Gasteiger partial charge is 0.177 e. The molecule has 1 N–H and O–H groups in total. The number of H-pyrrole nitrogens is 1. The van der Waals surface area contributed by atoms with E-state index in [0.29, 0.717) is 6.04 Å². The zero-order chi connectivity index (χ0) is 11.8. The first kappa shape index (κ1) is 10.8. The fraction of sp³-hybridized carbons (Fsp3) is 0.357. The lowest BCUT2D eigenvalue weighted by Crippen LogP contribution is -1.98. The summed E-state index contributed by atoms with van der Waals surface area (Å²) in [6.07, 6.45) is 4.54. The van der Waals surface area contributed by atoms with Gasteiger partial charge in [-0.1, -0.05) is 43.7 Å². The van der Waals surface area contributed by atoms with Crippen molar-refractivity contribution in [2.75, 3.05) is 0 Å². The van der Waals surface area contributed by atoms with Gasteiger partial charge in [0, 0.05) is 12.2 Å². The molecule has 1 fully saturated rings. The van der Waals surface area contributed by atoms with Gasteiger partial charge in [0.25, 0.3) is 0 Å². The maximum Gasteiger partial charge on any atom is 0.177 e. The lowest BCUT2D eigenvalue weighted by Gasteiger charge is -2.07. The summed E-state index contributed by atoms with van der Waals surface area (Å²) in [5, 5.41) is 0. The fourth-order valence-electron chi connectivity index (χ4n) is 2.53. The number of hydrogen-bond acceptors (Lipinski definition) is 1. The number of benzene rings is 1. The second-order valence-electron chi connectivity index (χ2n) is 4.69. The average Bonchev–Trinajstić information content (AvgIpc) is 3.05. The molecule has 3 heteroatoms. The van der Waals surface area contributed by atoms with Gasteiger partial charge in [-0.15, -0.1) is 0 Å². The van der Waals surface area contributed by atoms with E-state index >= 15 is 0 Å². The van der Waals surface area contributed by atoms with Crippen molar-refractivity contribution >= 4 is 12.2 Å². The van der Waals surface area contributed by atoms with Gasteiger partial charge in [-0.3, -0.25) is 0 Å². The highest BCUT2D eigenvalue weighted by Gasteiger charge is 2.38. The van der Waals surface area contributed by atoms with Gasteiger partial charge in [-0.2, -0.15) is 0 Å². The van der Waals surface area contributed by atoms with Crippen molar-refractivity contribution in [3.63, 3.8) is 0 Å². The van der Waals surface area contributed by atoms with Crippen LogP contribution in [0, 0.1) is 10.7 Å². The Balaban J connectivity index is 2.05. The van der Waals surface area contributed by atoms with Gasteiger partial charge in [-0.25, -0.2) is 0 Å². The number of imidazole rings is 1. The van der Waals surface area contributed by atoms with Crippen molar-refractivity contribution in [1.29, 1.82) is 0 Å². The van der Waals surface area contributed by atoms with Gasteiger partial charge in [-0.05, 0) is 30.1 Å². The van der Waals surface area contributed by atoms with Crippen LogP contribution in [0.5, 0.6) is 0 Å². The Bertz CT molecular complexity index is 567. The summed E-state index contributed by atoms with van der Waals surface area (Å²) in [4.78, 5) is 3.18. The predicted molar refractivity (Wildman–Crippen MR) is 72.5 cm³/mol. The minimum atomic E-state index is 0.606. The van der Waals surface area contributed by atoms with Crippen LogP contribution >= 0.6 is 12.2 Å². The third-order valence-corrected chi connectivity index (χ3v) is 3.94. The molecular weight excluding hydrogens is 228 g/mol. The van der Waals surface area contributed by atoms with Crippen LogP contribution in [0.2, 0.25) is 0 Å². The molecule has 1 aromatic heterocycles. The molecule has 1 aliphatic carbocycles. The number of aromatic amines is 1. The van der Waals surface area contributed by atoms with Crippen molar-refractivity contribution in [3.05, 3.63) is 41.3 Å². The van der Waals surface area contributed by atoms with E-state index in [4.69, 9.17) is 12.2 Å². The molecule has 0 spiro atoms. The van der Waals surface area contributed by atoms with Crippen molar-refractivity contribution in [2.45, 2.75) is 25.8 Å². The molecule has 2 atom stereocenters. The molecule has 17 heavy (non-hydrogen) atoms. The second kappa shape index (κ2) is 4.15. The molecule has 3 rings (SSSR count). The zero-order valence-corrected chi connectivity index (χ0v) is 10.7. The fourth-order valence-corrected chi connectivity index (χ4v) is 2.82. The Kier molecular flexibility index (Phi) is 2.63. The Morgan fingerprint density at radius 2 is 2.12 bits per heavy atom. The summed E-state index contributed by atoms with van der Waals surface area (Å²) in [6.45, 7) is 2.25. The summed E-state index contributed by atoms with van der Waals surface area (Å²) in [5.41, 5.74) is 2.46. The Morgan fingerprint density at radius 3 is 2.76 bits per heavy atom. The molecule has 0 bridgehead atoms. The van der Waals surface area contributed by atoms with E-state index in [1.807, 2.05) is 12.3 Å². The van der Waals surface area contributed by atoms with E-state index in [1.165, 1.54) is 24.1 Å². The summed E-state index contributed by atoms with van der Waals surface area (Å²) < 4.78 is 3.14. The molecule has 1 aliphatic rings. The van der Waals surface area contributed by atoms with E-state index in [9.17, 15) is 0 Å². The molecule has 1 saturated carbocycles. The summed E-state index contributed by atoms with van der Waals surface area (Å²) in [5.74, 6) is 0.806. The molecule has 2 unspecified atom stereocenters. The largest absolute Gasteiger partial charge is 0.337 e. The third-order valence-electron chi connectivity index (χ3n) is 3.62. The highest BCUT2D eigenvalue weighted by atomic mass is 32.1. The van der Waals surface area contributed by atoms with Crippen molar-refractivity contribution in [2.24, 2.45) is 5.92 Å². The Hall–Kier alpha value is -1.35. The molecule has 88 valence electrons. The van der Waals surface area contributed by atoms with Crippen LogP contribution in [0.3, 0.4) is 0 Å². The van der Waals surface area contributed by atoms with E-state index in [0.717, 1.165) is 10.7 Å². The van der Waals surface area contributed by atoms with Gasteiger partial charge in [0.2, 0.25) is 0 Å². The lowest BCUT2D eigenvalue weighted by atomic mass is 10.1. The summed E-state index contributed by atoms with van der Waals surface area (Å²) in [7, 11) is 0. The molecule has 0 radical (unpaired) electrons. The number of nitrogens with zero attached hydrogens (tertiary/aromatic N) is 1. The van der Waals surface area contributed by atoms with Gasteiger partial charge < -0.3 is 9.55 Å². The Labute approximate surface area is 106 Å². The second-order valence-corrected chi connectivity index (χ2v) is 5.07. The first-order chi connectivity index (χ1) is 8.31. The van der Waals surface area contributed by atoms with Crippen LogP contribution < -0.4 is 0 Å². The minimum Gasteiger partial charge on any atom is -0.337 e. The normalized spacial score (nSPS) is 22.6. The maximum absolute atomic E-state index is 5.40. The van der Waals surface area contributed by atoms with Gasteiger partial charge in [0.05, 0.1) is 5.69 Å². The molecule has 2 aromatic rings. The molecule has 0 saturated heterocycles. The van der Waals surface area contributed by atoms with Crippen LogP contribution in [-0.2, 0) is 0 Å². The van der Waals surface area contributed by atoms with Crippen LogP contribution in [0.25, 0.3) is 11.3 Å². The highest BCUT2D eigenvalue weighted by Crippen LogP contribution is 2.47. The van der Waals surface area contributed by atoms with Crippen LogP contribution in [0.1, 0.15) is 25.8 Å². The van der Waals surface area contributed by atoms with E-state index in [1.54, 1.807) is 0 Å². The van der Waals surface area contributed by atoms with Crippen molar-refractivity contribution < 1.29 is 0 Å². The summed E-state index contributed by atoms with van der Waals surface area (Å²) in [6, 6.07) is 11.1. The molecule has 1 aromatic carbocycles. The van der Waals surface area contributed by atoms with Crippen molar-refractivity contribution in [1.82, 2.24) is 9.55 Å². The zero-order valence-electron chi connectivity index (χ0n) is 9.89. The SMILES string of the molecule is CCC1CC1n1c(-c2ccccc2)c[nH]c1=S. The van der Waals surface area contributed by atoms with E-state index < -0.39 is 0 Å². The maximum atomic E-state index is 5.40. The molecule has 0 amide bonds. The predicted octanol–water partition coefficient (Wildman–Crippen LogP) is 4.18. The van der Waals surface area contributed by atoms with Crippen LogP contribution in [-0.4, -0.2) is 9.55 Å². The quantitative estimate of drug-likeness (QED) is 0.803. The minimum absolute atomic E-state index is 0.606. The number of rotatable bonds is 3. The molecular formula is C14H16N2S. The van der Waals surface area contributed by atoms with Gasteiger partial charge in [0.15, 0.2) is 4.77 Å². The van der Waals surface area contributed by atoms with E-state index in [2.05, 4.69) is 40.7 Å². The first-order valence-electron chi connectivity index (χ1n) is 6.16. The third kappa shape index (κ3) is 1.84. The molecule has 2 nitrogen and oxygen atoms in total. The number of nitrogens with one attached hydrogen (secondary N) is 1. The van der Waals surface area contributed by atoms with Crippen LogP contribution in [0.4, 0.5) is 0 Å². The number of hydrogen-bond donors (Lipinski definition) is 1. The Morgan fingerprint density at radius 1 is 1.35 bits per heavy atom. The monoisotopic (exact) mass is 244 g/mol. The molecule has 1 heterocycles.